The average molecular weight is 386 g/mol. The zero-order valence-electron chi connectivity index (χ0n) is 14.9. The fraction of sp³-hybridized carbons (Fsp3) is 0.0417. The Hall–Kier alpha value is -3.30. The topological polar surface area (TPSA) is 53.4 Å². The number of hydrogen-bond donors (Lipinski definition) is 2. The molecule has 3 aromatic carbocycles. The van der Waals surface area contributed by atoms with Crippen LogP contribution in [0.4, 0.5) is 0 Å². The Morgan fingerprint density at radius 3 is 2.39 bits per heavy atom. The second-order valence-corrected chi connectivity index (χ2v) is 7.34. The molecule has 0 fully saturated rings. The first-order valence-corrected chi connectivity index (χ1v) is 9.38. The summed E-state index contributed by atoms with van der Waals surface area (Å²) in [5.41, 5.74) is 7.61. The number of aromatic hydroxyl groups is 2. The van der Waals surface area contributed by atoms with E-state index < -0.39 is 0 Å². The van der Waals surface area contributed by atoms with Crippen molar-refractivity contribution in [3.8, 4) is 45.1 Å². The number of aromatic nitrogens is 1. The molecule has 2 N–H and O–H groups in total. The van der Waals surface area contributed by atoms with E-state index in [1.807, 2.05) is 48.5 Å². The average Bonchev–Trinajstić information content (AvgIpc) is 3.05. The second-order valence-electron chi connectivity index (χ2n) is 6.93. The maximum atomic E-state index is 9.99. The quantitative estimate of drug-likeness (QED) is 0.389. The van der Waals surface area contributed by atoms with Crippen LogP contribution in [0.5, 0.6) is 11.5 Å². The lowest BCUT2D eigenvalue weighted by atomic mass is 9.96. The minimum atomic E-state index is 0.218. The predicted molar refractivity (Wildman–Crippen MR) is 112 cm³/mol. The van der Waals surface area contributed by atoms with Crippen LogP contribution in [0.3, 0.4) is 0 Å². The minimum Gasteiger partial charge on any atom is -0.508 e. The van der Waals surface area contributed by atoms with Crippen molar-refractivity contribution in [2.75, 3.05) is 0 Å². The van der Waals surface area contributed by atoms with Crippen LogP contribution in [-0.4, -0.2) is 15.2 Å². The fourth-order valence-corrected chi connectivity index (χ4v) is 4.09. The molecule has 136 valence electrons. The Balaban J connectivity index is 1.81. The molecule has 28 heavy (non-hydrogen) atoms. The molecular formula is C24H16ClNO2. The Morgan fingerprint density at radius 2 is 1.57 bits per heavy atom. The minimum absolute atomic E-state index is 0.218. The van der Waals surface area contributed by atoms with Crippen molar-refractivity contribution >= 4 is 11.6 Å². The van der Waals surface area contributed by atoms with E-state index in [0.29, 0.717) is 11.4 Å². The molecule has 4 aromatic rings. The Kier molecular flexibility index (Phi) is 3.85. The highest BCUT2D eigenvalue weighted by molar-refractivity contribution is 6.33. The molecule has 4 heteroatoms. The fourth-order valence-electron chi connectivity index (χ4n) is 3.86. The van der Waals surface area contributed by atoms with Crippen LogP contribution in [0.1, 0.15) is 11.1 Å². The summed E-state index contributed by atoms with van der Waals surface area (Å²) in [6.45, 7) is 0. The van der Waals surface area contributed by atoms with Crippen molar-refractivity contribution < 1.29 is 10.2 Å². The molecule has 1 aliphatic rings. The number of benzene rings is 3. The van der Waals surface area contributed by atoms with Crippen LogP contribution in [-0.2, 0) is 6.42 Å². The lowest BCUT2D eigenvalue weighted by Gasteiger charge is -2.13. The van der Waals surface area contributed by atoms with Gasteiger partial charge in [0.25, 0.3) is 0 Å². The van der Waals surface area contributed by atoms with E-state index in [4.69, 9.17) is 16.6 Å². The Labute approximate surface area is 167 Å². The molecule has 1 aromatic heterocycles. The molecule has 0 saturated carbocycles. The van der Waals surface area contributed by atoms with Gasteiger partial charge in [-0.1, -0.05) is 41.9 Å². The van der Waals surface area contributed by atoms with Crippen molar-refractivity contribution in [3.63, 3.8) is 0 Å². The van der Waals surface area contributed by atoms with Gasteiger partial charge in [0.15, 0.2) is 0 Å². The molecule has 0 atom stereocenters. The van der Waals surface area contributed by atoms with Gasteiger partial charge in [-0.05, 0) is 64.7 Å². The Bertz CT molecular complexity index is 1230. The summed E-state index contributed by atoms with van der Waals surface area (Å²) in [4.78, 5) is 4.94. The maximum absolute atomic E-state index is 9.99. The molecule has 0 aliphatic heterocycles. The summed E-state index contributed by atoms with van der Waals surface area (Å²) in [5.74, 6) is 0.465. The summed E-state index contributed by atoms with van der Waals surface area (Å²) in [5, 5.41) is 20.5. The van der Waals surface area contributed by atoms with Gasteiger partial charge in [0.1, 0.15) is 11.5 Å². The molecule has 1 aliphatic carbocycles. The molecule has 1 heterocycles. The monoisotopic (exact) mass is 385 g/mol. The van der Waals surface area contributed by atoms with E-state index in [2.05, 4.69) is 0 Å². The van der Waals surface area contributed by atoms with Gasteiger partial charge in [0.05, 0.1) is 11.4 Å². The van der Waals surface area contributed by atoms with Crippen LogP contribution < -0.4 is 0 Å². The summed E-state index contributed by atoms with van der Waals surface area (Å²) in [6, 6.07) is 22.3. The number of phenols is 2. The number of hydrogen-bond acceptors (Lipinski definition) is 3. The van der Waals surface area contributed by atoms with Crippen molar-refractivity contribution in [2.45, 2.75) is 6.42 Å². The highest BCUT2D eigenvalue weighted by Gasteiger charge is 2.25. The van der Waals surface area contributed by atoms with Crippen molar-refractivity contribution in [1.82, 2.24) is 4.98 Å². The number of pyridine rings is 1. The van der Waals surface area contributed by atoms with Crippen molar-refractivity contribution in [3.05, 3.63) is 88.9 Å². The first kappa shape index (κ1) is 16.8. The van der Waals surface area contributed by atoms with Crippen LogP contribution in [0.2, 0.25) is 5.02 Å². The summed E-state index contributed by atoms with van der Waals surface area (Å²) < 4.78 is 0. The highest BCUT2D eigenvalue weighted by atomic mass is 35.5. The second kappa shape index (κ2) is 6.39. The number of halogens is 1. The lowest BCUT2D eigenvalue weighted by Crippen LogP contribution is -1.95. The van der Waals surface area contributed by atoms with E-state index >= 15 is 0 Å². The van der Waals surface area contributed by atoms with Crippen LogP contribution in [0, 0.1) is 0 Å². The van der Waals surface area contributed by atoms with Crippen molar-refractivity contribution in [1.29, 1.82) is 0 Å². The first-order valence-electron chi connectivity index (χ1n) is 9.00. The van der Waals surface area contributed by atoms with E-state index in [-0.39, 0.29) is 11.5 Å². The standard InChI is InChI=1S/C24H16ClNO2/c25-22-7-2-1-6-19(22)23-13-20(14-4-3-5-16(27)10-14)21-12-15-11-17(28)8-9-18(15)24(21)26-23/h1-11,13,27-28H,12H2. The number of phenolic OH excluding ortho intramolecular Hbond substituents is 2. The van der Waals surface area contributed by atoms with Gasteiger partial charge in [-0.3, -0.25) is 0 Å². The predicted octanol–water partition coefficient (Wildman–Crippen LogP) is 6.05. The van der Waals surface area contributed by atoms with Crippen LogP contribution >= 0.6 is 11.6 Å². The molecule has 0 saturated heterocycles. The number of rotatable bonds is 2. The summed E-state index contributed by atoms with van der Waals surface area (Å²) in [6.07, 6.45) is 0.680. The number of fused-ring (bicyclic) bond motifs is 3. The smallest absolute Gasteiger partial charge is 0.116 e. The van der Waals surface area contributed by atoms with E-state index in [1.165, 1.54) is 0 Å². The summed E-state index contributed by atoms with van der Waals surface area (Å²) in [7, 11) is 0. The van der Waals surface area contributed by atoms with Crippen LogP contribution in [0.15, 0.2) is 72.8 Å². The van der Waals surface area contributed by atoms with Gasteiger partial charge < -0.3 is 10.2 Å². The Morgan fingerprint density at radius 1 is 0.750 bits per heavy atom. The van der Waals surface area contributed by atoms with Gasteiger partial charge in [0.2, 0.25) is 0 Å². The highest BCUT2D eigenvalue weighted by Crippen LogP contribution is 2.44. The van der Waals surface area contributed by atoms with Gasteiger partial charge in [0, 0.05) is 22.6 Å². The lowest BCUT2D eigenvalue weighted by molar-refractivity contribution is 0.474. The van der Waals surface area contributed by atoms with Gasteiger partial charge in [-0.15, -0.1) is 0 Å². The van der Waals surface area contributed by atoms with Crippen molar-refractivity contribution in [2.24, 2.45) is 0 Å². The molecule has 0 radical (unpaired) electrons. The van der Waals surface area contributed by atoms with E-state index in [1.54, 1.807) is 24.3 Å². The molecule has 0 amide bonds. The SMILES string of the molecule is Oc1cccc(-c2cc(-c3ccccc3Cl)nc3c2Cc2cc(O)ccc2-3)c1. The maximum Gasteiger partial charge on any atom is 0.116 e. The zero-order chi connectivity index (χ0) is 19.3. The third kappa shape index (κ3) is 2.72. The molecule has 0 unspecified atom stereocenters. The summed E-state index contributed by atoms with van der Waals surface area (Å²) >= 11 is 6.44. The molecule has 0 bridgehead atoms. The number of nitrogens with zero attached hydrogens (tertiary/aromatic N) is 1. The van der Waals surface area contributed by atoms with Gasteiger partial charge in [-0.25, -0.2) is 4.98 Å². The molecule has 3 nitrogen and oxygen atoms in total. The molecule has 5 rings (SSSR count). The zero-order valence-corrected chi connectivity index (χ0v) is 15.6. The normalized spacial score (nSPS) is 11.9. The largest absolute Gasteiger partial charge is 0.508 e. The van der Waals surface area contributed by atoms with Gasteiger partial charge >= 0.3 is 0 Å². The third-order valence-electron chi connectivity index (χ3n) is 5.14. The van der Waals surface area contributed by atoms with E-state index in [9.17, 15) is 10.2 Å². The molecular weight excluding hydrogens is 370 g/mol. The van der Waals surface area contributed by atoms with E-state index in [0.717, 1.165) is 44.8 Å². The van der Waals surface area contributed by atoms with Crippen LogP contribution in [0.25, 0.3) is 33.6 Å². The van der Waals surface area contributed by atoms with Gasteiger partial charge in [-0.2, -0.15) is 0 Å². The first-order chi connectivity index (χ1) is 13.6. The molecule has 0 spiro atoms. The third-order valence-corrected chi connectivity index (χ3v) is 5.47.